The molecule has 2 N–H and O–H groups in total. The third-order valence-corrected chi connectivity index (χ3v) is 15.8. The summed E-state index contributed by atoms with van der Waals surface area (Å²) in [5.74, 6) is 0.399. The highest BCUT2D eigenvalue weighted by molar-refractivity contribution is 9.10. The fraction of sp³-hybridized carbons (Fsp3) is 0.317. The quantitative estimate of drug-likeness (QED) is 0.135. The summed E-state index contributed by atoms with van der Waals surface area (Å²) in [4.78, 5) is 29.8. The number of aryl methyl sites for hydroxylation is 1. The Kier molecular flexibility index (Phi) is 10.4. The number of fused-ring (bicyclic) bond motifs is 2. The molecule has 1 aromatic heterocycles. The van der Waals surface area contributed by atoms with Gasteiger partial charge in [-0.05, 0) is 72.1 Å². The Hall–Kier alpha value is -4.62. The van der Waals surface area contributed by atoms with Crippen LogP contribution in [0.2, 0.25) is 18.6 Å². The minimum atomic E-state index is -2.33. The average Bonchev–Trinajstić information content (AvgIpc) is 3.81. The van der Waals surface area contributed by atoms with Gasteiger partial charge >= 0.3 is 0 Å². The molecule has 4 aromatic carbocycles. The van der Waals surface area contributed by atoms with Crippen LogP contribution in [0.1, 0.15) is 40.5 Å². The van der Waals surface area contributed by atoms with Gasteiger partial charge in [0.25, 0.3) is 11.8 Å². The van der Waals surface area contributed by atoms with E-state index in [2.05, 4.69) is 63.7 Å². The summed E-state index contributed by atoms with van der Waals surface area (Å²) in [5.41, 5.74) is 3.50. The highest BCUT2D eigenvalue weighted by atomic mass is 79.9. The van der Waals surface area contributed by atoms with E-state index in [1.165, 1.54) is 5.19 Å². The molecule has 10 nitrogen and oxygen atoms in total. The monoisotopic (exact) mass is 793 g/mol. The molecule has 1 saturated heterocycles. The number of carbonyl (C=O) groups is 2. The first-order valence-electron chi connectivity index (χ1n) is 17.9. The zero-order valence-electron chi connectivity index (χ0n) is 30.3. The summed E-state index contributed by atoms with van der Waals surface area (Å²) >= 11 is 3.70. The van der Waals surface area contributed by atoms with E-state index in [4.69, 9.17) is 9.47 Å². The molecule has 2 amide bonds. The molecule has 1 spiro atoms. The topological polar surface area (TPSA) is 119 Å². The number of hydrogen-bond donors (Lipinski definition) is 2. The maximum Gasteiger partial charge on any atom is 0.264 e. The lowest BCUT2D eigenvalue weighted by Crippen LogP contribution is -2.51. The maximum absolute atomic E-state index is 15.1. The molecule has 3 heterocycles. The van der Waals surface area contributed by atoms with Gasteiger partial charge < -0.3 is 24.8 Å². The second-order valence-electron chi connectivity index (χ2n) is 14.5. The molecule has 2 aliphatic rings. The molecule has 7 rings (SSSR count). The number of anilines is 2. The van der Waals surface area contributed by atoms with Gasteiger partial charge in [0, 0.05) is 53.0 Å². The molecule has 274 valence electrons. The molecule has 12 heteroatoms. The van der Waals surface area contributed by atoms with E-state index in [-0.39, 0.29) is 36.0 Å². The van der Waals surface area contributed by atoms with Gasteiger partial charge in [0.05, 0.1) is 39.2 Å². The normalized spacial score (nSPS) is 20.9. The zero-order valence-corrected chi connectivity index (χ0v) is 32.9. The zero-order chi connectivity index (χ0) is 37.3. The lowest BCUT2D eigenvalue weighted by atomic mass is 9.82. The molecule has 0 radical (unpaired) electrons. The summed E-state index contributed by atoms with van der Waals surface area (Å²) in [6, 6.07) is 31.1. The Bertz CT molecular complexity index is 2090. The molecular formula is C41H44BrN5O5Si. The molecule has 0 bridgehead atoms. The number of aromatic nitrogens is 3. The largest absolute Gasteiger partial charge is 0.497 e. The van der Waals surface area contributed by atoms with Crippen molar-refractivity contribution in [3.8, 4) is 5.75 Å². The molecular weight excluding hydrogens is 750 g/mol. The van der Waals surface area contributed by atoms with Gasteiger partial charge in [-0.2, -0.15) is 0 Å². The second-order valence-corrected chi connectivity index (χ2v) is 20.1. The van der Waals surface area contributed by atoms with Crippen LogP contribution in [0, 0.1) is 5.92 Å². The van der Waals surface area contributed by atoms with Crippen LogP contribution in [0.5, 0.6) is 5.75 Å². The Morgan fingerprint density at radius 2 is 1.77 bits per heavy atom. The highest BCUT2D eigenvalue weighted by Gasteiger charge is 2.66. The molecule has 53 heavy (non-hydrogen) atoms. The van der Waals surface area contributed by atoms with E-state index in [0.29, 0.717) is 37.2 Å². The number of rotatable bonds is 12. The fourth-order valence-corrected chi connectivity index (χ4v) is 12.7. The molecule has 0 aliphatic carbocycles. The van der Waals surface area contributed by atoms with E-state index < -0.39 is 13.7 Å². The summed E-state index contributed by atoms with van der Waals surface area (Å²) in [5, 5.41) is 22.2. The summed E-state index contributed by atoms with van der Waals surface area (Å²) in [6.07, 6.45) is 2.71. The molecule has 0 unspecified atom stereocenters. The number of aliphatic hydroxyl groups is 1. The van der Waals surface area contributed by atoms with Crippen LogP contribution in [-0.2, 0) is 34.6 Å². The van der Waals surface area contributed by atoms with Crippen molar-refractivity contribution in [2.45, 2.75) is 63.2 Å². The van der Waals surface area contributed by atoms with Crippen LogP contribution in [0.4, 0.5) is 11.4 Å². The van der Waals surface area contributed by atoms with Gasteiger partial charge in [-0.15, -0.1) is 5.10 Å². The van der Waals surface area contributed by atoms with Crippen LogP contribution in [0.3, 0.4) is 0 Å². The Labute approximate surface area is 319 Å². The standard InChI is InChI=1S/C41H44BrN5O5Si/c1-27-38(53(3,4)34-17-15-33(51-2)16-18-34)37(20-22-46-26-32(21-23-48)44-45-46)52-41(27)35-24-30(42)12-19-36(35)47(40(41)50)25-28-10-13-31(14-11-28)43-39(49)29-8-6-5-7-9-29/h5-19,24,26-27,37-38,48H,20-23,25H2,1-4H3,(H,43,49)/t27-,37+,38-,41+/m1/s1. The first-order chi connectivity index (χ1) is 25.5. The molecule has 2 aliphatic heterocycles. The van der Waals surface area contributed by atoms with Crippen LogP contribution in [-0.4, -0.2) is 59.8 Å². The average molecular weight is 795 g/mol. The molecule has 0 saturated carbocycles. The Morgan fingerprint density at radius 1 is 1.04 bits per heavy atom. The number of amides is 2. The van der Waals surface area contributed by atoms with E-state index >= 15 is 4.79 Å². The highest BCUT2D eigenvalue weighted by Crippen LogP contribution is 2.60. The number of aliphatic hydroxyl groups excluding tert-OH is 1. The second kappa shape index (κ2) is 15.0. The van der Waals surface area contributed by atoms with Crippen molar-refractivity contribution >= 4 is 52.4 Å². The van der Waals surface area contributed by atoms with Crippen molar-refractivity contribution < 1.29 is 24.2 Å². The van der Waals surface area contributed by atoms with Crippen LogP contribution < -0.4 is 20.1 Å². The summed E-state index contributed by atoms with van der Waals surface area (Å²) < 4.78 is 15.5. The smallest absolute Gasteiger partial charge is 0.264 e. The number of halogens is 1. The van der Waals surface area contributed by atoms with Crippen LogP contribution in [0.25, 0.3) is 0 Å². The predicted molar refractivity (Wildman–Crippen MR) is 211 cm³/mol. The first-order valence-corrected chi connectivity index (χ1v) is 21.8. The summed E-state index contributed by atoms with van der Waals surface area (Å²) in [7, 11) is -0.656. The number of hydrogen-bond acceptors (Lipinski definition) is 7. The number of carbonyl (C=O) groups excluding carboxylic acids is 2. The predicted octanol–water partition coefficient (Wildman–Crippen LogP) is 6.69. The van der Waals surface area contributed by atoms with Crippen molar-refractivity contribution in [3.63, 3.8) is 0 Å². The van der Waals surface area contributed by atoms with Crippen molar-refractivity contribution in [2.75, 3.05) is 23.9 Å². The fourth-order valence-electron chi connectivity index (χ4n) is 8.32. The van der Waals surface area contributed by atoms with Gasteiger partial charge in [-0.25, -0.2) is 0 Å². The van der Waals surface area contributed by atoms with E-state index in [9.17, 15) is 9.90 Å². The van der Waals surface area contributed by atoms with E-state index in [1.807, 2.05) is 88.6 Å². The van der Waals surface area contributed by atoms with Crippen LogP contribution >= 0.6 is 15.9 Å². The third-order valence-electron chi connectivity index (χ3n) is 11.0. The van der Waals surface area contributed by atoms with Crippen molar-refractivity contribution in [1.82, 2.24) is 15.0 Å². The number of nitrogens with one attached hydrogen (secondary N) is 1. The van der Waals surface area contributed by atoms with E-state index in [0.717, 1.165) is 32.7 Å². The molecule has 4 atom stereocenters. The number of ether oxygens (including phenoxy) is 2. The van der Waals surface area contributed by atoms with Crippen LogP contribution in [0.15, 0.2) is 108 Å². The lowest BCUT2D eigenvalue weighted by Gasteiger charge is -2.37. The van der Waals surface area contributed by atoms with Gasteiger partial charge in [0.2, 0.25) is 0 Å². The molecule has 1 fully saturated rings. The van der Waals surface area contributed by atoms with Gasteiger partial charge in [0.1, 0.15) is 5.75 Å². The first kappa shape index (κ1) is 36.7. The third kappa shape index (κ3) is 6.96. The number of nitrogens with zero attached hydrogens (tertiary/aromatic N) is 4. The minimum Gasteiger partial charge on any atom is -0.497 e. The molecule has 5 aromatic rings. The lowest BCUT2D eigenvalue weighted by molar-refractivity contribution is -0.146. The van der Waals surface area contributed by atoms with E-state index in [1.54, 1.807) is 19.2 Å². The van der Waals surface area contributed by atoms with Crippen molar-refractivity contribution in [3.05, 3.63) is 130 Å². The SMILES string of the molecule is COc1ccc([Si](C)(C)[C@H]2[C@H](CCn3cc(CCO)nn3)O[C@@]3(C(=O)N(Cc4ccc(NC(=O)c5ccccc5)cc4)c4ccc(Br)cc43)[C@@H]2C)cc1. The summed E-state index contributed by atoms with van der Waals surface area (Å²) in [6.45, 7) is 7.85. The van der Waals surface area contributed by atoms with Crippen molar-refractivity contribution in [1.29, 1.82) is 0 Å². The van der Waals surface area contributed by atoms with Gasteiger partial charge in [0.15, 0.2) is 5.60 Å². The van der Waals surface area contributed by atoms with Gasteiger partial charge in [-0.3, -0.25) is 14.3 Å². The Balaban J connectivity index is 1.21. The number of benzene rings is 4. The Morgan fingerprint density at radius 3 is 2.47 bits per heavy atom. The van der Waals surface area contributed by atoms with Gasteiger partial charge in [-0.1, -0.05) is 88.8 Å². The maximum atomic E-state index is 15.1. The van der Waals surface area contributed by atoms with Crippen molar-refractivity contribution in [2.24, 2.45) is 5.92 Å². The minimum absolute atomic E-state index is 0.0107. The number of methoxy groups -OCH3 is 1.